The van der Waals surface area contributed by atoms with Gasteiger partial charge in [0.1, 0.15) is 17.0 Å². The SMILES string of the molecule is Cc1csc(C2N=CC=CC2=C=O)n1. The van der Waals surface area contributed by atoms with Crippen LogP contribution in [0.4, 0.5) is 0 Å². The molecule has 0 aliphatic carbocycles. The van der Waals surface area contributed by atoms with Crippen molar-refractivity contribution in [2.75, 3.05) is 0 Å². The zero-order valence-corrected chi connectivity index (χ0v) is 8.41. The maximum atomic E-state index is 10.6. The molecule has 0 saturated heterocycles. The summed E-state index contributed by atoms with van der Waals surface area (Å²) < 4.78 is 0. The van der Waals surface area contributed by atoms with Crippen LogP contribution in [-0.2, 0) is 4.79 Å². The molecule has 70 valence electrons. The van der Waals surface area contributed by atoms with Crippen molar-refractivity contribution in [3.8, 4) is 0 Å². The predicted octanol–water partition coefficient (Wildman–Crippen LogP) is 1.89. The first-order valence-electron chi connectivity index (χ1n) is 4.18. The third-order valence-corrected chi connectivity index (χ3v) is 2.90. The van der Waals surface area contributed by atoms with Crippen molar-refractivity contribution in [1.82, 2.24) is 4.98 Å². The van der Waals surface area contributed by atoms with Crippen LogP contribution < -0.4 is 0 Å². The van der Waals surface area contributed by atoms with Gasteiger partial charge in [0.25, 0.3) is 0 Å². The number of hydrogen-bond donors (Lipinski definition) is 0. The molecule has 0 spiro atoms. The molecule has 3 nitrogen and oxygen atoms in total. The Kier molecular flexibility index (Phi) is 2.39. The average Bonchev–Trinajstić information content (AvgIpc) is 2.65. The molecule has 2 heterocycles. The van der Waals surface area contributed by atoms with Gasteiger partial charge in [0.05, 0.1) is 5.57 Å². The Hall–Kier alpha value is -1.51. The van der Waals surface area contributed by atoms with Gasteiger partial charge in [0, 0.05) is 17.3 Å². The highest BCUT2D eigenvalue weighted by atomic mass is 32.1. The molecule has 0 radical (unpaired) electrons. The van der Waals surface area contributed by atoms with Gasteiger partial charge in [0.15, 0.2) is 0 Å². The second kappa shape index (κ2) is 3.70. The number of carbonyl (C=O) groups excluding carboxylic acids is 1. The maximum absolute atomic E-state index is 10.6. The van der Waals surface area contributed by atoms with Crippen LogP contribution >= 0.6 is 11.3 Å². The average molecular weight is 204 g/mol. The largest absolute Gasteiger partial charge is 0.277 e. The highest BCUT2D eigenvalue weighted by Gasteiger charge is 2.19. The smallest absolute Gasteiger partial charge is 0.137 e. The van der Waals surface area contributed by atoms with E-state index in [1.54, 1.807) is 18.4 Å². The van der Waals surface area contributed by atoms with Gasteiger partial charge in [-0.1, -0.05) is 0 Å². The van der Waals surface area contributed by atoms with Crippen LogP contribution in [0, 0.1) is 6.92 Å². The fourth-order valence-electron chi connectivity index (χ4n) is 1.24. The van der Waals surface area contributed by atoms with E-state index in [0.717, 1.165) is 10.7 Å². The normalized spacial score (nSPS) is 19.8. The molecule has 0 bridgehead atoms. The molecule has 0 saturated carbocycles. The number of allylic oxidation sites excluding steroid dienone is 1. The molecule has 1 aliphatic rings. The Labute approximate surface area is 85.5 Å². The predicted molar refractivity (Wildman–Crippen MR) is 56.4 cm³/mol. The van der Waals surface area contributed by atoms with Crippen molar-refractivity contribution in [1.29, 1.82) is 0 Å². The molecule has 14 heavy (non-hydrogen) atoms. The van der Waals surface area contributed by atoms with Crippen molar-refractivity contribution < 1.29 is 4.79 Å². The van der Waals surface area contributed by atoms with E-state index >= 15 is 0 Å². The minimum Gasteiger partial charge on any atom is -0.277 e. The number of dihydropyridines is 1. The molecule has 1 aliphatic heterocycles. The molecule has 0 fully saturated rings. The summed E-state index contributed by atoms with van der Waals surface area (Å²) in [5.74, 6) is 1.89. The van der Waals surface area contributed by atoms with E-state index in [2.05, 4.69) is 9.98 Å². The zero-order chi connectivity index (χ0) is 9.97. The Morgan fingerprint density at radius 1 is 1.57 bits per heavy atom. The Morgan fingerprint density at radius 2 is 2.43 bits per heavy atom. The van der Waals surface area contributed by atoms with Crippen LogP contribution in [-0.4, -0.2) is 17.1 Å². The second-order valence-electron chi connectivity index (χ2n) is 2.94. The van der Waals surface area contributed by atoms with E-state index in [1.807, 2.05) is 18.2 Å². The fourth-order valence-corrected chi connectivity index (χ4v) is 2.10. The third kappa shape index (κ3) is 1.58. The summed E-state index contributed by atoms with van der Waals surface area (Å²) in [4.78, 5) is 19.1. The van der Waals surface area contributed by atoms with Crippen molar-refractivity contribution in [2.45, 2.75) is 13.0 Å². The molecule has 1 aromatic rings. The number of aliphatic imine (C=N–C) groups is 1. The molecule has 4 heteroatoms. The quantitative estimate of drug-likeness (QED) is 0.655. The fraction of sp³-hybridized carbons (Fsp3) is 0.200. The molecular weight excluding hydrogens is 196 g/mol. The van der Waals surface area contributed by atoms with Crippen LogP contribution in [0.3, 0.4) is 0 Å². The second-order valence-corrected chi connectivity index (χ2v) is 3.83. The number of aromatic nitrogens is 1. The first-order chi connectivity index (χ1) is 6.81. The summed E-state index contributed by atoms with van der Waals surface area (Å²) in [6.45, 7) is 1.92. The zero-order valence-electron chi connectivity index (χ0n) is 7.60. The first kappa shape index (κ1) is 9.06. The van der Waals surface area contributed by atoms with Crippen LogP contribution in [0.15, 0.2) is 28.1 Å². The van der Waals surface area contributed by atoms with Gasteiger partial charge in [-0.2, -0.15) is 0 Å². The van der Waals surface area contributed by atoms with E-state index in [-0.39, 0.29) is 6.04 Å². The summed E-state index contributed by atoms with van der Waals surface area (Å²) >= 11 is 1.52. The first-order valence-corrected chi connectivity index (χ1v) is 5.06. The monoisotopic (exact) mass is 204 g/mol. The lowest BCUT2D eigenvalue weighted by Gasteiger charge is -2.09. The van der Waals surface area contributed by atoms with Crippen LogP contribution in [0.25, 0.3) is 0 Å². The standard InChI is InChI=1S/C10H8N2OS/c1-7-6-14-10(12-7)9-8(5-13)3-2-4-11-9/h2-4,6,9H,1H3. The number of nitrogens with zero attached hydrogens (tertiary/aromatic N) is 2. The molecule has 0 aromatic carbocycles. The topological polar surface area (TPSA) is 42.3 Å². The van der Waals surface area contributed by atoms with E-state index < -0.39 is 0 Å². The van der Waals surface area contributed by atoms with Crippen LogP contribution in [0.1, 0.15) is 16.7 Å². The summed E-state index contributed by atoms with van der Waals surface area (Å²) in [5.41, 5.74) is 1.50. The van der Waals surface area contributed by atoms with Gasteiger partial charge in [0.2, 0.25) is 0 Å². The highest BCUT2D eigenvalue weighted by Crippen LogP contribution is 2.29. The third-order valence-electron chi connectivity index (χ3n) is 1.88. The van der Waals surface area contributed by atoms with Crippen molar-refractivity contribution in [3.63, 3.8) is 0 Å². The Bertz CT molecular complexity index is 452. The van der Waals surface area contributed by atoms with Crippen molar-refractivity contribution in [3.05, 3.63) is 33.8 Å². The van der Waals surface area contributed by atoms with E-state index in [1.165, 1.54) is 11.3 Å². The van der Waals surface area contributed by atoms with Crippen molar-refractivity contribution in [2.24, 2.45) is 4.99 Å². The molecule has 1 unspecified atom stereocenters. The number of rotatable bonds is 1. The van der Waals surface area contributed by atoms with E-state index in [9.17, 15) is 4.79 Å². The molecule has 2 rings (SSSR count). The molecule has 0 N–H and O–H groups in total. The lowest BCUT2D eigenvalue weighted by Crippen LogP contribution is -2.02. The summed E-state index contributed by atoms with van der Waals surface area (Å²) in [6, 6.07) is -0.254. The van der Waals surface area contributed by atoms with Crippen LogP contribution in [0.5, 0.6) is 0 Å². The molecule has 1 aromatic heterocycles. The van der Waals surface area contributed by atoms with Crippen LogP contribution in [0.2, 0.25) is 0 Å². The lowest BCUT2D eigenvalue weighted by atomic mass is 10.1. The Balaban J connectivity index is 2.39. The lowest BCUT2D eigenvalue weighted by molar-refractivity contribution is 0.565. The number of thiazole rings is 1. The maximum Gasteiger partial charge on any atom is 0.137 e. The van der Waals surface area contributed by atoms with Gasteiger partial charge >= 0.3 is 0 Å². The number of aryl methyl sites for hydroxylation is 1. The van der Waals surface area contributed by atoms with Gasteiger partial charge in [-0.25, -0.2) is 9.78 Å². The van der Waals surface area contributed by atoms with E-state index in [0.29, 0.717) is 5.57 Å². The summed E-state index contributed by atoms with van der Waals surface area (Å²) in [6.07, 6.45) is 5.14. The van der Waals surface area contributed by atoms with Gasteiger partial charge in [-0.05, 0) is 19.1 Å². The molecule has 0 amide bonds. The summed E-state index contributed by atoms with van der Waals surface area (Å²) in [7, 11) is 0. The molecular formula is C10H8N2OS. The highest BCUT2D eigenvalue weighted by molar-refractivity contribution is 7.09. The summed E-state index contributed by atoms with van der Waals surface area (Å²) in [5, 5.41) is 2.80. The Morgan fingerprint density at radius 3 is 3.07 bits per heavy atom. The van der Waals surface area contributed by atoms with Gasteiger partial charge < -0.3 is 0 Å². The van der Waals surface area contributed by atoms with E-state index in [4.69, 9.17) is 0 Å². The number of hydrogen-bond acceptors (Lipinski definition) is 4. The minimum absolute atomic E-state index is 0.254. The minimum atomic E-state index is -0.254. The molecule has 1 atom stereocenters. The van der Waals surface area contributed by atoms with Crippen molar-refractivity contribution >= 4 is 23.5 Å². The van der Waals surface area contributed by atoms with Gasteiger partial charge in [-0.3, -0.25) is 4.99 Å². The van der Waals surface area contributed by atoms with Gasteiger partial charge in [-0.15, -0.1) is 11.3 Å².